The van der Waals surface area contributed by atoms with Crippen molar-refractivity contribution < 1.29 is 38.2 Å². The zero-order chi connectivity index (χ0) is 39.3. The minimum absolute atomic E-state index is 0.0242. The Morgan fingerprint density at radius 3 is 1.51 bits per heavy atom. The van der Waals surface area contributed by atoms with Gasteiger partial charge in [0.05, 0.1) is 40.3 Å². The largest absolute Gasteiger partial charge is 0.544 e. The third kappa shape index (κ3) is 34.5. The number of ether oxygens (including phenoxy) is 3. The molecule has 8 heteroatoms. The van der Waals surface area contributed by atoms with Crippen LogP contribution in [0.2, 0.25) is 0 Å². The number of rotatable bonds is 36. The number of carbonyl (C=O) groups excluding carboxylic acids is 3. The Kier molecular flexibility index (Phi) is 34.0. The summed E-state index contributed by atoms with van der Waals surface area (Å²) in [7, 11) is 5.38. The van der Waals surface area contributed by atoms with E-state index in [0.717, 1.165) is 64.2 Å². The molecule has 0 spiro atoms. The van der Waals surface area contributed by atoms with Gasteiger partial charge in [0.25, 0.3) is 0 Å². The van der Waals surface area contributed by atoms with Crippen LogP contribution in [-0.2, 0) is 28.6 Å². The zero-order valence-corrected chi connectivity index (χ0v) is 34.4. The molecule has 0 aliphatic heterocycles. The predicted octanol–water partition coefficient (Wildman–Crippen LogP) is 9.69. The van der Waals surface area contributed by atoms with Gasteiger partial charge >= 0.3 is 11.9 Å². The molecule has 0 heterocycles. The Morgan fingerprint density at radius 1 is 0.566 bits per heavy atom. The normalized spacial score (nSPS) is 13.6. The topological polar surface area (TPSA) is 102 Å². The molecule has 8 nitrogen and oxygen atoms in total. The molecule has 304 valence electrons. The van der Waals surface area contributed by atoms with E-state index in [2.05, 4.69) is 74.6 Å². The van der Waals surface area contributed by atoms with Crippen molar-refractivity contribution >= 4 is 17.9 Å². The number of allylic oxidation sites excluding steroid dienone is 10. The van der Waals surface area contributed by atoms with E-state index >= 15 is 0 Å². The van der Waals surface area contributed by atoms with Crippen molar-refractivity contribution in [3.8, 4) is 0 Å². The lowest BCUT2D eigenvalue weighted by molar-refractivity contribution is -0.889. The molecule has 0 aliphatic carbocycles. The average Bonchev–Trinajstić information content (AvgIpc) is 3.11. The fraction of sp³-hybridized carbons (Fsp3) is 0.711. The number of hydrogen-bond donors (Lipinski definition) is 0. The highest BCUT2D eigenvalue weighted by Gasteiger charge is 2.25. The van der Waals surface area contributed by atoms with Crippen LogP contribution >= 0.6 is 0 Å². The van der Waals surface area contributed by atoms with Crippen molar-refractivity contribution in [2.45, 2.75) is 167 Å². The highest BCUT2D eigenvalue weighted by Crippen LogP contribution is 2.14. The second-order valence-electron chi connectivity index (χ2n) is 14.8. The third-order valence-electron chi connectivity index (χ3n) is 8.90. The summed E-state index contributed by atoms with van der Waals surface area (Å²) in [5.74, 6) is -1.80. The second kappa shape index (κ2) is 36.0. The molecule has 0 N–H and O–H groups in total. The molecule has 0 aromatic rings. The van der Waals surface area contributed by atoms with Gasteiger partial charge in [0.1, 0.15) is 12.6 Å². The van der Waals surface area contributed by atoms with Crippen molar-refractivity contribution in [3.05, 3.63) is 60.8 Å². The first-order valence-corrected chi connectivity index (χ1v) is 20.8. The van der Waals surface area contributed by atoms with Crippen molar-refractivity contribution in [1.29, 1.82) is 0 Å². The van der Waals surface area contributed by atoms with Crippen molar-refractivity contribution in [1.82, 2.24) is 0 Å². The molecule has 0 rings (SSSR count). The van der Waals surface area contributed by atoms with Crippen LogP contribution < -0.4 is 5.11 Å². The van der Waals surface area contributed by atoms with E-state index in [9.17, 15) is 19.5 Å². The number of hydrogen-bond acceptors (Lipinski definition) is 7. The molecular weight excluding hydrogens is 666 g/mol. The highest BCUT2D eigenvalue weighted by molar-refractivity contribution is 5.70. The molecule has 0 amide bonds. The summed E-state index contributed by atoms with van der Waals surface area (Å²) < 4.78 is 17.0. The summed E-state index contributed by atoms with van der Waals surface area (Å²) in [4.78, 5) is 36.7. The molecule has 0 saturated heterocycles. The Hall–Kier alpha value is -2.97. The summed E-state index contributed by atoms with van der Waals surface area (Å²) in [5.41, 5.74) is 0. The third-order valence-corrected chi connectivity index (χ3v) is 8.90. The number of quaternary nitrogens is 1. The Bertz CT molecular complexity index is 1050. The number of likely N-dealkylation sites (N-methyl/N-ethyl adjacent to an activating group) is 1. The van der Waals surface area contributed by atoms with Crippen LogP contribution in [-0.4, -0.2) is 75.5 Å². The van der Waals surface area contributed by atoms with Gasteiger partial charge in [-0.1, -0.05) is 126 Å². The first-order chi connectivity index (χ1) is 25.6. The van der Waals surface area contributed by atoms with E-state index in [1.807, 2.05) is 0 Å². The fourth-order valence-corrected chi connectivity index (χ4v) is 5.71. The molecule has 0 fully saturated rings. The molecule has 2 unspecified atom stereocenters. The fourth-order valence-electron chi connectivity index (χ4n) is 5.71. The van der Waals surface area contributed by atoms with Gasteiger partial charge in [-0.25, -0.2) is 0 Å². The number of nitrogens with zero attached hydrogens (tertiary/aromatic N) is 1. The molecule has 0 aromatic heterocycles. The van der Waals surface area contributed by atoms with Gasteiger partial charge in [-0.3, -0.25) is 9.59 Å². The molecule has 0 bridgehead atoms. The Balaban J connectivity index is 4.27. The van der Waals surface area contributed by atoms with Crippen molar-refractivity contribution in [2.24, 2.45) is 0 Å². The number of aliphatic carboxylic acids is 1. The van der Waals surface area contributed by atoms with E-state index in [1.54, 1.807) is 21.1 Å². The standard InChI is InChI=1S/C45H77NO7/c1-6-8-10-12-14-16-17-18-19-20-21-22-23-24-25-26-28-29-31-33-35-43(47)52-40-41(39-51-38-37-42(45(49)50)46(3,4)5)53-44(48)36-34-32-30-27-15-13-11-9-7-2/h8-11,14-16,18-19,27,41-42H,6-7,12-13,17,20-26,28-40H2,1-5H3/b10-8+,11-9+,16-14+,19-18+,27-15+. The van der Waals surface area contributed by atoms with E-state index in [0.29, 0.717) is 12.8 Å². The molecule has 0 saturated carbocycles. The van der Waals surface area contributed by atoms with Crippen LogP contribution in [0.1, 0.15) is 155 Å². The molecule has 2 atom stereocenters. The monoisotopic (exact) mass is 744 g/mol. The van der Waals surface area contributed by atoms with Gasteiger partial charge in [-0.05, 0) is 70.6 Å². The van der Waals surface area contributed by atoms with Crippen LogP contribution in [0.25, 0.3) is 0 Å². The number of carbonyl (C=O) groups is 3. The molecule has 53 heavy (non-hydrogen) atoms. The van der Waals surface area contributed by atoms with Crippen LogP contribution in [0.4, 0.5) is 0 Å². The van der Waals surface area contributed by atoms with Crippen LogP contribution in [0.15, 0.2) is 60.8 Å². The maximum absolute atomic E-state index is 12.6. The van der Waals surface area contributed by atoms with E-state index in [-0.39, 0.29) is 49.1 Å². The first kappa shape index (κ1) is 50.0. The summed E-state index contributed by atoms with van der Waals surface area (Å²) >= 11 is 0. The molecule has 0 aliphatic rings. The van der Waals surface area contributed by atoms with Gasteiger partial charge < -0.3 is 28.6 Å². The van der Waals surface area contributed by atoms with Gasteiger partial charge in [-0.2, -0.15) is 0 Å². The lowest BCUT2D eigenvalue weighted by Crippen LogP contribution is -2.55. The van der Waals surface area contributed by atoms with Gasteiger partial charge in [0.2, 0.25) is 0 Å². The Labute approximate surface area is 324 Å². The van der Waals surface area contributed by atoms with Crippen LogP contribution in [0.5, 0.6) is 0 Å². The van der Waals surface area contributed by atoms with Gasteiger partial charge in [0, 0.05) is 19.3 Å². The van der Waals surface area contributed by atoms with E-state index < -0.39 is 18.1 Å². The summed E-state index contributed by atoms with van der Waals surface area (Å²) in [6.45, 7) is 4.37. The maximum Gasteiger partial charge on any atom is 0.306 e. The van der Waals surface area contributed by atoms with Gasteiger partial charge in [-0.15, -0.1) is 0 Å². The summed E-state index contributed by atoms with van der Waals surface area (Å²) in [6.07, 6.45) is 42.7. The molecular formula is C45H77NO7. The zero-order valence-electron chi connectivity index (χ0n) is 34.4. The molecule has 0 radical (unpaired) electrons. The predicted molar refractivity (Wildman–Crippen MR) is 217 cm³/mol. The molecule has 0 aromatic carbocycles. The highest BCUT2D eigenvalue weighted by atomic mass is 16.6. The Morgan fingerprint density at radius 2 is 1.00 bits per heavy atom. The lowest BCUT2D eigenvalue weighted by Gasteiger charge is -2.34. The second-order valence-corrected chi connectivity index (χ2v) is 14.8. The van der Waals surface area contributed by atoms with E-state index in [1.165, 1.54) is 51.4 Å². The quantitative estimate of drug-likeness (QED) is 0.0273. The first-order valence-electron chi connectivity index (χ1n) is 20.8. The smallest absolute Gasteiger partial charge is 0.306 e. The van der Waals surface area contributed by atoms with Crippen LogP contribution in [0, 0.1) is 0 Å². The van der Waals surface area contributed by atoms with Crippen LogP contribution in [0.3, 0.4) is 0 Å². The number of unbranched alkanes of at least 4 members (excludes halogenated alkanes) is 12. The SMILES string of the molecule is CC/C=C/C/C=C/C/C=C/CCCCCCCCCCCCC(=O)OCC(COCCC(C(=O)[O-])[N+](C)(C)C)OC(=O)CCCC/C=C/C/C=C/CC. The van der Waals surface area contributed by atoms with E-state index in [4.69, 9.17) is 14.2 Å². The van der Waals surface area contributed by atoms with Crippen molar-refractivity contribution in [2.75, 3.05) is 41.0 Å². The summed E-state index contributed by atoms with van der Waals surface area (Å²) in [6, 6.07) is -0.732. The number of esters is 2. The minimum atomic E-state index is -1.13. The minimum Gasteiger partial charge on any atom is -0.544 e. The van der Waals surface area contributed by atoms with Gasteiger partial charge in [0.15, 0.2) is 6.10 Å². The summed E-state index contributed by atoms with van der Waals surface area (Å²) in [5, 5.41) is 11.6. The lowest BCUT2D eigenvalue weighted by atomic mass is 10.1. The maximum atomic E-state index is 12.6. The number of carboxylic acids is 1. The van der Waals surface area contributed by atoms with Crippen molar-refractivity contribution in [3.63, 3.8) is 0 Å². The average molecular weight is 744 g/mol. The number of carboxylic acid groups (broad SMARTS) is 1.